The Labute approximate surface area is 219 Å². The topological polar surface area (TPSA) is 40.6 Å². The van der Waals surface area contributed by atoms with Crippen molar-refractivity contribution in [1.82, 2.24) is 0 Å². The Morgan fingerprint density at radius 3 is 2.26 bits per heavy atom. The SMILES string of the molecule is CC1(c2ccccc2)CC(C)(C)N2C(=O)C3(SCC(=O)N3c3ccc(Cl)c(Cl)c3)c3cccc1c32. The maximum absolute atomic E-state index is 14.5. The van der Waals surface area contributed by atoms with Crippen molar-refractivity contribution >= 4 is 58.2 Å². The Balaban J connectivity index is 1.63. The van der Waals surface area contributed by atoms with E-state index in [1.807, 2.05) is 23.1 Å². The molecule has 6 rings (SSSR count). The average molecular weight is 523 g/mol. The first kappa shape index (κ1) is 23.0. The van der Waals surface area contributed by atoms with Gasteiger partial charge in [0.1, 0.15) is 0 Å². The van der Waals surface area contributed by atoms with Crippen LogP contribution >= 0.6 is 35.0 Å². The van der Waals surface area contributed by atoms with E-state index in [0.717, 1.165) is 23.2 Å². The molecule has 0 saturated carbocycles. The number of fused-ring (bicyclic) bond motifs is 1. The normalized spacial score (nSPS) is 26.5. The fourth-order valence-electron chi connectivity index (χ4n) is 6.33. The highest BCUT2D eigenvalue weighted by Crippen LogP contribution is 2.63. The van der Waals surface area contributed by atoms with E-state index >= 15 is 0 Å². The number of anilines is 2. The minimum Gasteiger partial charge on any atom is -0.303 e. The first-order chi connectivity index (χ1) is 16.6. The van der Waals surface area contributed by atoms with Gasteiger partial charge in [-0.15, -0.1) is 11.8 Å². The molecule has 3 aromatic carbocycles. The maximum Gasteiger partial charge on any atom is 0.269 e. The summed E-state index contributed by atoms with van der Waals surface area (Å²) in [6.45, 7) is 6.50. The van der Waals surface area contributed by atoms with Gasteiger partial charge in [-0.25, -0.2) is 0 Å². The van der Waals surface area contributed by atoms with Crippen LogP contribution in [0.25, 0.3) is 0 Å². The van der Waals surface area contributed by atoms with Gasteiger partial charge >= 0.3 is 0 Å². The number of amides is 2. The summed E-state index contributed by atoms with van der Waals surface area (Å²) in [4.78, 5) is 30.2. The number of benzene rings is 3. The smallest absolute Gasteiger partial charge is 0.269 e. The molecule has 0 aromatic heterocycles. The molecule has 1 spiro atoms. The molecule has 178 valence electrons. The predicted octanol–water partition coefficient (Wildman–Crippen LogP) is 6.76. The van der Waals surface area contributed by atoms with Crippen LogP contribution in [0.2, 0.25) is 10.0 Å². The summed E-state index contributed by atoms with van der Waals surface area (Å²) in [6, 6.07) is 21.7. The third kappa shape index (κ3) is 2.95. The van der Waals surface area contributed by atoms with Crippen LogP contribution < -0.4 is 9.80 Å². The highest BCUT2D eigenvalue weighted by atomic mass is 35.5. The average Bonchev–Trinajstić information content (AvgIpc) is 3.30. The fourth-order valence-corrected chi connectivity index (χ4v) is 7.95. The zero-order valence-electron chi connectivity index (χ0n) is 19.6. The summed E-state index contributed by atoms with van der Waals surface area (Å²) < 4.78 is 0. The molecule has 7 heteroatoms. The van der Waals surface area contributed by atoms with Crippen LogP contribution in [-0.2, 0) is 19.9 Å². The second kappa shape index (κ2) is 7.52. The molecule has 4 nitrogen and oxygen atoms in total. The van der Waals surface area contributed by atoms with Gasteiger partial charge in [-0.05, 0) is 49.6 Å². The molecule has 3 aliphatic rings. The molecule has 1 fully saturated rings. The van der Waals surface area contributed by atoms with Crippen molar-refractivity contribution in [2.75, 3.05) is 15.6 Å². The lowest BCUT2D eigenvalue weighted by Gasteiger charge is -2.50. The van der Waals surface area contributed by atoms with Gasteiger partial charge in [0.15, 0.2) is 0 Å². The Morgan fingerprint density at radius 1 is 0.829 bits per heavy atom. The summed E-state index contributed by atoms with van der Waals surface area (Å²) in [5.74, 6) is 0.00432. The van der Waals surface area contributed by atoms with Crippen LogP contribution in [0, 0.1) is 0 Å². The van der Waals surface area contributed by atoms with Crippen LogP contribution in [0.3, 0.4) is 0 Å². The number of hydrogen-bond acceptors (Lipinski definition) is 3. The highest BCUT2D eigenvalue weighted by molar-refractivity contribution is 8.02. The van der Waals surface area contributed by atoms with Crippen molar-refractivity contribution in [1.29, 1.82) is 0 Å². The number of halogens is 2. The lowest BCUT2D eigenvalue weighted by Crippen LogP contribution is -2.58. The van der Waals surface area contributed by atoms with E-state index in [1.54, 1.807) is 23.1 Å². The van der Waals surface area contributed by atoms with Gasteiger partial charge in [-0.2, -0.15) is 0 Å². The van der Waals surface area contributed by atoms with Crippen LogP contribution in [0.15, 0.2) is 66.7 Å². The van der Waals surface area contributed by atoms with Crippen LogP contribution in [0.4, 0.5) is 11.4 Å². The Morgan fingerprint density at radius 2 is 1.54 bits per heavy atom. The van der Waals surface area contributed by atoms with Crippen molar-refractivity contribution in [3.63, 3.8) is 0 Å². The summed E-state index contributed by atoms with van der Waals surface area (Å²) >= 11 is 13.9. The molecular weight excluding hydrogens is 499 g/mol. The van der Waals surface area contributed by atoms with E-state index < -0.39 is 10.4 Å². The molecule has 0 aliphatic carbocycles. The van der Waals surface area contributed by atoms with Gasteiger partial charge in [0, 0.05) is 22.2 Å². The number of para-hydroxylation sites is 1. The molecule has 3 aliphatic heterocycles. The number of rotatable bonds is 2. The standard InChI is InChI=1S/C28H24Cl2N2O2S/c1-26(2)16-27(3,17-8-5-4-6-9-17)19-10-7-11-20-24(19)32(26)25(34)28(20)31(23(33)15-35-28)18-12-13-21(29)22(30)14-18/h4-14H,15-16H2,1-3H3. The minimum absolute atomic E-state index is 0.0815. The maximum atomic E-state index is 14.5. The van der Waals surface area contributed by atoms with Crippen LogP contribution in [0.5, 0.6) is 0 Å². The molecule has 3 aromatic rings. The van der Waals surface area contributed by atoms with E-state index in [2.05, 4.69) is 51.1 Å². The van der Waals surface area contributed by atoms with E-state index in [4.69, 9.17) is 23.2 Å². The quantitative estimate of drug-likeness (QED) is 0.373. The lowest BCUT2D eigenvalue weighted by molar-refractivity contribution is -0.124. The van der Waals surface area contributed by atoms with Crippen molar-refractivity contribution < 1.29 is 9.59 Å². The Hall–Kier alpha value is -2.47. The van der Waals surface area contributed by atoms with E-state index in [0.29, 0.717) is 15.7 Å². The Kier molecular flexibility index (Phi) is 4.93. The predicted molar refractivity (Wildman–Crippen MR) is 144 cm³/mol. The molecule has 35 heavy (non-hydrogen) atoms. The zero-order valence-corrected chi connectivity index (χ0v) is 22.0. The molecule has 2 unspecified atom stereocenters. The molecule has 1 saturated heterocycles. The van der Waals surface area contributed by atoms with Gasteiger partial charge in [0.2, 0.25) is 10.8 Å². The number of carbonyl (C=O) groups excluding carboxylic acids is 2. The van der Waals surface area contributed by atoms with Crippen molar-refractivity contribution in [3.8, 4) is 0 Å². The highest BCUT2D eigenvalue weighted by Gasteiger charge is 2.65. The molecule has 0 N–H and O–H groups in total. The lowest BCUT2D eigenvalue weighted by atomic mass is 9.65. The number of carbonyl (C=O) groups is 2. The van der Waals surface area contributed by atoms with Gasteiger partial charge in [0.05, 0.1) is 21.5 Å². The van der Waals surface area contributed by atoms with Gasteiger partial charge in [-0.3, -0.25) is 14.5 Å². The molecule has 0 bridgehead atoms. The number of thioether (sulfide) groups is 1. The first-order valence-electron chi connectivity index (χ1n) is 11.6. The van der Waals surface area contributed by atoms with E-state index in [9.17, 15) is 9.59 Å². The Bertz CT molecular complexity index is 1410. The summed E-state index contributed by atoms with van der Waals surface area (Å²) in [5.41, 5.74) is 3.92. The second-order valence-corrected chi connectivity index (χ2v) is 12.3. The molecular formula is C28H24Cl2N2O2S. The van der Waals surface area contributed by atoms with Gasteiger partial charge in [0.25, 0.3) is 5.91 Å². The van der Waals surface area contributed by atoms with Crippen molar-refractivity contribution in [3.05, 3.63) is 93.5 Å². The molecule has 2 atom stereocenters. The third-order valence-electron chi connectivity index (χ3n) is 7.64. The monoisotopic (exact) mass is 522 g/mol. The first-order valence-corrected chi connectivity index (χ1v) is 13.3. The second-order valence-electron chi connectivity index (χ2n) is 10.3. The largest absolute Gasteiger partial charge is 0.303 e. The third-order valence-corrected chi connectivity index (χ3v) is 9.77. The summed E-state index contributed by atoms with van der Waals surface area (Å²) in [6.07, 6.45) is 0.758. The fraction of sp³-hybridized carbons (Fsp3) is 0.286. The molecule has 2 amide bonds. The number of hydrogen-bond donors (Lipinski definition) is 0. The van der Waals surface area contributed by atoms with E-state index in [1.165, 1.54) is 17.3 Å². The van der Waals surface area contributed by atoms with E-state index in [-0.39, 0.29) is 23.0 Å². The van der Waals surface area contributed by atoms with Crippen molar-refractivity contribution in [2.24, 2.45) is 0 Å². The molecule has 3 heterocycles. The molecule has 0 radical (unpaired) electrons. The van der Waals surface area contributed by atoms with Crippen LogP contribution in [-0.4, -0.2) is 23.1 Å². The minimum atomic E-state index is -1.18. The van der Waals surface area contributed by atoms with Gasteiger partial charge in [-0.1, -0.05) is 78.7 Å². The number of nitrogens with zero attached hydrogens (tertiary/aromatic N) is 2. The van der Waals surface area contributed by atoms with Crippen LogP contribution in [0.1, 0.15) is 43.9 Å². The van der Waals surface area contributed by atoms with Crippen molar-refractivity contribution in [2.45, 2.75) is 43.0 Å². The summed E-state index contributed by atoms with van der Waals surface area (Å²) in [5, 5.41) is 0.755. The zero-order chi connectivity index (χ0) is 24.8. The van der Waals surface area contributed by atoms with Gasteiger partial charge < -0.3 is 4.90 Å². The summed E-state index contributed by atoms with van der Waals surface area (Å²) in [7, 11) is 0.